The second-order valence-corrected chi connectivity index (χ2v) is 7.29. The normalized spacial score (nSPS) is 25.6. The van der Waals surface area contributed by atoms with Crippen molar-refractivity contribution in [2.24, 2.45) is 0 Å². The van der Waals surface area contributed by atoms with Gasteiger partial charge in [-0.2, -0.15) is 0 Å². The third-order valence-electron chi connectivity index (χ3n) is 4.58. The molecule has 1 saturated carbocycles. The van der Waals surface area contributed by atoms with Crippen molar-refractivity contribution in [2.75, 3.05) is 19.7 Å². The van der Waals surface area contributed by atoms with E-state index in [1.54, 1.807) is 11.3 Å². The van der Waals surface area contributed by atoms with Gasteiger partial charge in [0, 0.05) is 10.3 Å². The largest absolute Gasteiger partial charge is 0.368 e. The van der Waals surface area contributed by atoms with Gasteiger partial charge in [-0.1, -0.05) is 25.4 Å². The summed E-state index contributed by atoms with van der Waals surface area (Å²) < 4.78 is 7.27. The first-order valence-electron chi connectivity index (χ1n) is 7.39. The summed E-state index contributed by atoms with van der Waals surface area (Å²) in [6.07, 6.45) is 4.74. The third kappa shape index (κ3) is 2.15. The Morgan fingerprint density at radius 2 is 1.89 bits per heavy atom. The van der Waals surface area contributed by atoms with E-state index < -0.39 is 0 Å². The van der Waals surface area contributed by atoms with Gasteiger partial charge in [-0.25, -0.2) is 0 Å². The maximum absolute atomic E-state index is 6.34. The molecule has 0 radical (unpaired) electrons. The molecule has 1 N–H and O–H groups in total. The Morgan fingerprint density at radius 1 is 1.21 bits per heavy atom. The average molecular weight is 300 g/mol. The Bertz CT molecular complexity index is 461. The molecular formula is C15H22ClNOS. The predicted octanol–water partition coefficient (Wildman–Crippen LogP) is 4.07. The summed E-state index contributed by atoms with van der Waals surface area (Å²) in [6, 6.07) is 2.21. The highest BCUT2D eigenvalue weighted by molar-refractivity contribution is 7.16. The van der Waals surface area contributed by atoms with Crippen molar-refractivity contribution < 1.29 is 4.74 Å². The van der Waals surface area contributed by atoms with E-state index in [2.05, 4.69) is 11.4 Å². The minimum atomic E-state index is -0.0216. The van der Waals surface area contributed by atoms with Crippen LogP contribution >= 0.6 is 22.9 Å². The number of fused-ring (bicyclic) bond motifs is 3. The summed E-state index contributed by atoms with van der Waals surface area (Å²) in [5.41, 5.74) is 1.84. The van der Waals surface area contributed by atoms with Crippen molar-refractivity contribution in [3.8, 4) is 0 Å². The summed E-state index contributed by atoms with van der Waals surface area (Å²) in [6.45, 7) is 7.02. The van der Waals surface area contributed by atoms with Crippen LogP contribution in [0.4, 0.5) is 0 Å². The monoisotopic (exact) mass is 299 g/mol. The highest BCUT2D eigenvalue weighted by Gasteiger charge is 2.55. The zero-order valence-electron chi connectivity index (χ0n) is 11.7. The maximum atomic E-state index is 6.34. The number of hydrogen-bond acceptors (Lipinski definition) is 3. The van der Waals surface area contributed by atoms with Crippen LogP contribution in [0.2, 0.25) is 4.34 Å². The van der Waals surface area contributed by atoms with Crippen LogP contribution < -0.4 is 5.32 Å². The second-order valence-electron chi connectivity index (χ2n) is 5.61. The Hall–Kier alpha value is -0.0900. The fraction of sp³-hybridized carbons (Fsp3) is 0.733. The number of ether oxygens (including phenoxy) is 1. The van der Waals surface area contributed by atoms with Crippen LogP contribution in [0.1, 0.15) is 50.0 Å². The lowest BCUT2D eigenvalue weighted by Crippen LogP contribution is -2.46. The lowest BCUT2D eigenvalue weighted by Gasteiger charge is -2.43. The first-order chi connectivity index (χ1) is 9.24. The van der Waals surface area contributed by atoms with E-state index in [9.17, 15) is 0 Å². The van der Waals surface area contributed by atoms with Gasteiger partial charge in [-0.05, 0) is 50.4 Å². The molecule has 3 heterocycles. The number of piperidine rings is 1. The van der Waals surface area contributed by atoms with Crippen LogP contribution in [0.3, 0.4) is 0 Å². The van der Waals surface area contributed by atoms with Crippen LogP contribution in [0.25, 0.3) is 0 Å². The molecule has 0 aromatic carbocycles. The van der Waals surface area contributed by atoms with Crippen molar-refractivity contribution >= 4 is 22.9 Å². The van der Waals surface area contributed by atoms with Gasteiger partial charge in [-0.3, -0.25) is 0 Å². The molecule has 2 fully saturated rings. The van der Waals surface area contributed by atoms with Gasteiger partial charge >= 0.3 is 0 Å². The van der Waals surface area contributed by atoms with Crippen molar-refractivity contribution in [1.29, 1.82) is 0 Å². The lowest BCUT2D eigenvalue weighted by molar-refractivity contribution is -0.0898. The minimum absolute atomic E-state index is 0.0216. The molecule has 1 aliphatic carbocycles. The molecule has 106 valence electrons. The van der Waals surface area contributed by atoms with Crippen molar-refractivity contribution in [3.63, 3.8) is 0 Å². The van der Waals surface area contributed by atoms with E-state index in [-0.39, 0.29) is 5.60 Å². The highest BCUT2D eigenvalue weighted by atomic mass is 35.5. The van der Waals surface area contributed by atoms with Crippen LogP contribution in [0.5, 0.6) is 0 Å². The SMILES string of the molecule is CC.Clc1cc2c(s1)C1(CCNCC1)OCC21CC1. The average Bonchev–Trinajstić information content (AvgIpc) is 3.13. The molecule has 0 unspecified atom stereocenters. The second kappa shape index (κ2) is 5.03. The predicted molar refractivity (Wildman–Crippen MR) is 81.3 cm³/mol. The molecule has 1 aromatic heterocycles. The molecule has 4 heteroatoms. The van der Waals surface area contributed by atoms with Gasteiger partial charge in [-0.15, -0.1) is 11.3 Å². The first-order valence-corrected chi connectivity index (χ1v) is 8.59. The number of halogens is 1. The van der Waals surface area contributed by atoms with E-state index in [1.807, 2.05) is 13.8 Å². The zero-order valence-corrected chi connectivity index (χ0v) is 13.3. The molecule has 0 atom stereocenters. The molecule has 0 amide bonds. The van der Waals surface area contributed by atoms with Gasteiger partial charge < -0.3 is 10.1 Å². The topological polar surface area (TPSA) is 21.3 Å². The summed E-state index contributed by atoms with van der Waals surface area (Å²) in [4.78, 5) is 1.44. The quantitative estimate of drug-likeness (QED) is 0.780. The summed E-state index contributed by atoms with van der Waals surface area (Å²) in [5.74, 6) is 0. The van der Waals surface area contributed by atoms with Crippen molar-refractivity contribution in [3.05, 3.63) is 20.8 Å². The molecule has 2 aliphatic heterocycles. The van der Waals surface area contributed by atoms with E-state index in [1.165, 1.54) is 23.3 Å². The number of rotatable bonds is 0. The molecule has 0 bridgehead atoms. The van der Waals surface area contributed by atoms with E-state index in [0.29, 0.717) is 5.41 Å². The van der Waals surface area contributed by atoms with Gasteiger partial charge in [0.2, 0.25) is 0 Å². The van der Waals surface area contributed by atoms with Crippen LogP contribution in [0, 0.1) is 0 Å². The van der Waals surface area contributed by atoms with Crippen LogP contribution in [-0.4, -0.2) is 19.7 Å². The van der Waals surface area contributed by atoms with Gasteiger partial charge in [0.15, 0.2) is 0 Å². The summed E-state index contributed by atoms with van der Waals surface area (Å²) in [7, 11) is 0. The maximum Gasteiger partial charge on any atom is 0.105 e. The molecule has 2 nitrogen and oxygen atoms in total. The molecule has 19 heavy (non-hydrogen) atoms. The Labute approximate surface area is 124 Å². The highest BCUT2D eigenvalue weighted by Crippen LogP contribution is 2.59. The smallest absolute Gasteiger partial charge is 0.105 e. The zero-order chi connectivity index (χ0) is 13.5. The van der Waals surface area contributed by atoms with Crippen LogP contribution in [-0.2, 0) is 15.8 Å². The Morgan fingerprint density at radius 3 is 2.53 bits per heavy atom. The van der Waals surface area contributed by atoms with E-state index in [4.69, 9.17) is 16.3 Å². The fourth-order valence-electron chi connectivity index (χ4n) is 3.28. The Kier molecular flexibility index (Phi) is 3.67. The lowest BCUT2D eigenvalue weighted by atomic mass is 9.81. The van der Waals surface area contributed by atoms with E-state index in [0.717, 1.165) is 36.9 Å². The number of hydrogen-bond donors (Lipinski definition) is 1. The molecule has 1 saturated heterocycles. The minimum Gasteiger partial charge on any atom is -0.368 e. The van der Waals surface area contributed by atoms with Gasteiger partial charge in [0.1, 0.15) is 5.60 Å². The molecule has 1 aromatic rings. The van der Waals surface area contributed by atoms with Gasteiger partial charge in [0.25, 0.3) is 0 Å². The van der Waals surface area contributed by atoms with Crippen LogP contribution in [0.15, 0.2) is 6.07 Å². The van der Waals surface area contributed by atoms with Gasteiger partial charge in [0.05, 0.1) is 10.9 Å². The first kappa shape index (κ1) is 13.9. The van der Waals surface area contributed by atoms with E-state index >= 15 is 0 Å². The summed E-state index contributed by atoms with van der Waals surface area (Å²) >= 11 is 8.01. The standard InChI is InChI=1S/C13H16ClNOS.C2H6/c14-10-7-9-11(17-10)13(3-5-15-6-4-13)16-8-12(9)1-2-12;1-2/h7,15H,1-6,8H2;1-2H3. The summed E-state index contributed by atoms with van der Waals surface area (Å²) in [5, 5.41) is 3.42. The molecule has 3 aliphatic rings. The number of nitrogens with one attached hydrogen (secondary N) is 1. The molecule has 2 spiro atoms. The van der Waals surface area contributed by atoms with Crippen molar-refractivity contribution in [2.45, 2.75) is 50.5 Å². The number of thiophene rings is 1. The third-order valence-corrected chi connectivity index (χ3v) is 6.03. The van der Waals surface area contributed by atoms with Crippen molar-refractivity contribution in [1.82, 2.24) is 5.32 Å². The Balaban J connectivity index is 0.000000528. The molecular weight excluding hydrogens is 278 g/mol. The molecule has 4 rings (SSSR count). The fourth-order valence-corrected chi connectivity index (χ4v) is 4.83.